The number of halogens is 1. The molecule has 5 aliphatic rings. The van der Waals surface area contributed by atoms with Gasteiger partial charge in [-0.1, -0.05) is 61.2 Å². The van der Waals surface area contributed by atoms with Gasteiger partial charge in [-0.2, -0.15) is 5.10 Å². The lowest BCUT2D eigenvalue weighted by Gasteiger charge is -2.33. The molecule has 1 spiro atoms. The topological polar surface area (TPSA) is 131 Å². The van der Waals surface area contributed by atoms with Crippen LogP contribution in [0.3, 0.4) is 0 Å². The van der Waals surface area contributed by atoms with E-state index in [1.54, 1.807) is 4.90 Å². The Kier molecular flexibility index (Phi) is 10.2. The Labute approximate surface area is 355 Å². The lowest BCUT2D eigenvalue weighted by atomic mass is 9.85. The van der Waals surface area contributed by atoms with E-state index in [2.05, 4.69) is 72.3 Å². The number of benzene rings is 3. The van der Waals surface area contributed by atoms with Crippen molar-refractivity contribution in [2.75, 3.05) is 19.6 Å². The number of nitrogens with one attached hydrogen (secondary N) is 1. The maximum absolute atomic E-state index is 13.3. The smallest absolute Gasteiger partial charge is 0.255 e. The molecular formula is C47H50ClN9O3. The standard InChI is InChI=1S/C47H50ClN9O3/c1-30-52-53-46-47(20-21-47)51-43(32-10-13-35(48)14-11-32)38-26-33(12-15-40(38)57(30)46)34-27-49-55(28-34)23-6-4-2-3-5-22-54-24-18-31(19-25-54)36-8-7-9-37-39(36)29-56(45(37)60)41-16-17-42(58)50-44(41)59/h7-15,26-28,31,41H,2-6,16-25,29H2,1H3,(H,50,58,59). The van der Waals surface area contributed by atoms with Crippen molar-refractivity contribution in [1.29, 1.82) is 0 Å². The van der Waals surface area contributed by atoms with Crippen LogP contribution in [0, 0.1) is 6.92 Å². The number of nitrogens with zero attached hydrogens (tertiary/aromatic N) is 8. The highest BCUT2D eigenvalue weighted by Crippen LogP contribution is 2.52. The number of unbranched alkanes of at least 4 members (excludes halogenated alkanes) is 4. The number of imide groups is 1. The van der Waals surface area contributed by atoms with Crippen molar-refractivity contribution in [3.63, 3.8) is 0 Å². The van der Waals surface area contributed by atoms with Crippen molar-refractivity contribution < 1.29 is 14.4 Å². The van der Waals surface area contributed by atoms with E-state index in [1.165, 1.54) is 31.2 Å². The molecule has 60 heavy (non-hydrogen) atoms. The second-order valence-electron chi connectivity index (χ2n) is 17.3. The Morgan fingerprint density at radius 3 is 2.38 bits per heavy atom. The number of carbonyl (C=O) groups excluding carboxylic acids is 3. The zero-order valence-corrected chi connectivity index (χ0v) is 34.8. The highest BCUT2D eigenvalue weighted by molar-refractivity contribution is 6.30. The zero-order valence-electron chi connectivity index (χ0n) is 34.1. The first-order valence-corrected chi connectivity index (χ1v) is 22.1. The molecule has 3 amide bonds. The number of aliphatic imine (C=N–C) groups is 1. The summed E-state index contributed by atoms with van der Waals surface area (Å²) >= 11 is 6.30. The molecule has 0 bridgehead atoms. The molecule has 1 unspecified atom stereocenters. The number of aromatic nitrogens is 5. The first kappa shape index (κ1) is 38.7. The Bertz CT molecular complexity index is 2510. The van der Waals surface area contributed by atoms with Gasteiger partial charge in [-0.25, -0.2) is 0 Å². The van der Waals surface area contributed by atoms with E-state index in [9.17, 15) is 14.4 Å². The Hall–Kier alpha value is -5.46. The second-order valence-corrected chi connectivity index (χ2v) is 17.7. The summed E-state index contributed by atoms with van der Waals surface area (Å²) in [5.41, 5.74) is 8.96. The van der Waals surface area contributed by atoms with Gasteiger partial charge < -0.3 is 9.80 Å². The van der Waals surface area contributed by atoms with Gasteiger partial charge in [0.2, 0.25) is 11.8 Å². The predicted octanol–water partition coefficient (Wildman–Crippen LogP) is 7.52. The molecule has 1 aliphatic carbocycles. The molecule has 5 aromatic rings. The van der Waals surface area contributed by atoms with Crippen molar-refractivity contribution in [3.8, 4) is 16.8 Å². The molecule has 308 valence electrons. The van der Waals surface area contributed by atoms with Crippen molar-refractivity contribution in [2.45, 2.75) is 108 Å². The summed E-state index contributed by atoms with van der Waals surface area (Å²) in [6.45, 7) is 6.58. The average Bonchev–Trinajstić information content (AvgIpc) is 3.54. The number of carbonyl (C=O) groups is 3. The third kappa shape index (κ3) is 7.27. The third-order valence-electron chi connectivity index (χ3n) is 13.4. The number of likely N-dealkylation sites (tertiary alicyclic amines) is 1. The van der Waals surface area contributed by atoms with E-state index < -0.39 is 6.04 Å². The highest BCUT2D eigenvalue weighted by atomic mass is 35.5. The number of rotatable bonds is 12. The van der Waals surface area contributed by atoms with Gasteiger partial charge in [0.25, 0.3) is 5.91 Å². The number of amides is 3. The summed E-state index contributed by atoms with van der Waals surface area (Å²) in [5, 5.41) is 16.9. The molecule has 1 saturated carbocycles. The molecular weight excluding hydrogens is 774 g/mol. The Morgan fingerprint density at radius 2 is 1.60 bits per heavy atom. The van der Waals surface area contributed by atoms with E-state index in [0.29, 0.717) is 29.5 Å². The Balaban J connectivity index is 0.700. The predicted molar refractivity (Wildman–Crippen MR) is 229 cm³/mol. The van der Waals surface area contributed by atoms with E-state index in [0.717, 1.165) is 109 Å². The van der Waals surface area contributed by atoms with Gasteiger partial charge >= 0.3 is 0 Å². The SMILES string of the molecule is Cc1nnc2n1-c1ccc(-c3cnn(CCCCCCCN4CCC(c5cccc6c5CN(C5CCC(=O)NC5=O)C6=O)CC4)c3)cc1C(c1ccc(Cl)cc1)=NC21CC1. The van der Waals surface area contributed by atoms with E-state index in [1.807, 2.05) is 37.4 Å². The van der Waals surface area contributed by atoms with Crippen LogP contribution in [-0.4, -0.2) is 83.5 Å². The van der Waals surface area contributed by atoms with Crippen molar-refractivity contribution in [3.05, 3.63) is 118 Å². The van der Waals surface area contributed by atoms with Crippen LogP contribution in [0.5, 0.6) is 0 Å². The van der Waals surface area contributed by atoms with E-state index in [-0.39, 0.29) is 29.7 Å². The minimum Gasteiger partial charge on any atom is -0.322 e. The van der Waals surface area contributed by atoms with E-state index >= 15 is 0 Å². The first-order valence-electron chi connectivity index (χ1n) is 21.7. The van der Waals surface area contributed by atoms with Crippen LogP contribution in [0.4, 0.5) is 0 Å². The van der Waals surface area contributed by atoms with Crippen LogP contribution in [-0.2, 0) is 28.2 Å². The maximum atomic E-state index is 13.3. The van der Waals surface area contributed by atoms with Gasteiger partial charge in [0.05, 0.1) is 17.6 Å². The molecule has 2 aromatic heterocycles. The molecule has 1 atom stereocenters. The van der Waals surface area contributed by atoms with Gasteiger partial charge in [-0.15, -0.1) is 10.2 Å². The summed E-state index contributed by atoms with van der Waals surface area (Å²) in [7, 11) is 0. The van der Waals surface area contributed by atoms with Gasteiger partial charge in [-0.3, -0.25) is 33.9 Å². The van der Waals surface area contributed by atoms with Gasteiger partial charge in [0.1, 0.15) is 17.4 Å². The van der Waals surface area contributed by atoms with Crippen molar-refractivity contribution >= 4 is 35.0 Å². The quantitative estimate of drug-likeness (QED) is 0.102. The fourth-order valence-electron chi connectivity index (χ4n) is 9.89. The number of piperidine rings is 2. The summed E-state index contributed by atoms with van der Waals surface area (Å²) in [6.07, 6.45) is 14.7. The van der Waals surface area contributed by atoms with Crippen LogP contribution in [0.25, 0.3) is 16.8 Å². The van der Waals surface area contributed by atoms with Gasteiger partial charge in [-0.05, 0) is 124 Å². The van der Waals surface area contributed by atoms with Crippen molar-refractivity contribution in [1.82, 2.24) is 39.7 Å². The molecule has 1 N–H and O–H groups in total. The second kappa shape index (κ2) is 15.9. The Morgan fingerprint density at radius 1 is 0.833 bits per heavy atom. The monoisotopic (exact) mass is 823 g/mol. The normalized spacial score (nSPS) is 19.8. The summed E-state index contributed by atoms with van der Waals surface area (Å²) in [6, 6.07) is 20.0. The first-order chi connectivity index (χ1) is 29.2. The van der Waals surface area contributed by atoms with E-state index in [4.69, 9.17) is 21.7 Å². The summed E-state index contributed by atoms with van der Waals surface area (Å²) in [4.78, 5) is 47.3. The van der Waals surface area contributed by atoms with Crippen LogP contribution in [0.15, 0.2) is 78.0 Å². The van der Waals surface area contributed by atoms with Crippen LogP contribution < -0.4 is 5.32 Å². The minimum absolute atomic E-state index is 0.0938. The van der Waals surface area contributed by atoms with Crippen LogP contribution in [0.1, 0.15) is 121 Å². The van der Waals surface area contributed by atoms with Crippen LogP contribution >= 0.6 is 11.6 Å². The fourth-order valence-corrected chi connectivity index (χ4v) is 10.0. The average molecular weight is 824 g/mol. The summed E-state index contributed by atoms with van der Waals surface area (Å²) < 4.78 is 4.26. The largest absolute Gasteiger partial charge is 0.322 e. The maximum Gasteiger partial charge on any atom is 0.255 e. The summed E-state index contributed by atoms with van der Waals surface area (Å²) in [5.74, 6) is 1.48. The molecule has 3 fully saturated rings. The molecule has 0 radical (unpaired) electrons. The molecule has 13 heteroatoms. The molecule has 12 nitrogen and oxygen atoms in total. The number of hydrogen-bond donors (Lipinski definition) is 1. The minimum atomic E-state index is -0.579. The zero-order chi connectivity index (χ0) is 41.0. The number of aryl methyl sites for hydroxylation is 2. The van der Waals surface area contributed by atoms with Crippen LogP contribution in [0.2, 0.25) is 5.02 Å². The van der Waals surface area contributed by atoms with Gasteiger partial charge in [0.15, 0.2) is 5.82 Å². The molecule has 4 aliphatic heterocycles. The fraction of sp³-hybridized carbons (Fsp3) is 0.426. The number of fused-ring (bicyclic) bond motifs is 5. The number of hydrogen-bond acceptors (Lipinski definition) is 8. The third-order valence-corrected chi connectivity index (χ3v) is 13.6. The molecule has 2 saturated heterocycles. The molecule has 3 aromatic carbocycles. The lowest BCUT2D eigenvalue weighted by molar-refractivity contribution is -0.136. The highest BCUT2D eigenvalue weighted by Gasteiger charge is 2.51. The van der Waals surface area contributed by atoms with Gasteiger partial charge in [0, 0.05) is 53.0 Å². The molecule has 6 heterocycles. The lowest BCUT2D eigenvalue weighted by Crippen LogP contribution is -2.52. The molecule has 10 rings (SSSR count). The van der Waals surface area contributed by atoms with Crippen molar-refractivity contribution in [2.24, 2.45) is 4.99 Å².